The van der Waals surface area contributed by atoms with Crippen LogP contribution in [0.4, 0.5) is 0 Å². The number of hydrogen-bond donors (Lipinski definition) is 1. The van der Waals surface area contributed by atoms with Crippen LogP contribution in [0.5, 0.6) is 0 Å². The maximum absolute atomic E-state index is 6.03. The van der Waals surface area contributed by atoms with E-state index in [9.17, 15) is 0 Å². The monoisotopic (exact) mass is 326 g/mol. The topological polar surface area (TPSA) is 52.0 Å². The van der Waals surface area contributed by atoms with E-state index in [1.54, 1.807) is 12.5 Å². The summed E-state index contributed by atoms with van der Waals surface area (Å²) in [5.41, 5.74) is 7.26. The van der Waals surface area contributed by atoms with Crippen molar-refractivity contribution in [2.75, 3.05) is 0 Å². The van der Waals surface area contributed by atoms with Crippen LogP contribution in [0.3, 0.4) is 0 Å². The molecule has 2 N–H and O–H groups in total. The number of halogens is 1. The summed E-state index contributed by atoms with van der Waals surface area (Å²) in [5.74, 6) is 0. The summed E-state index contributed by atoms with van der Waals surface area (Å²) in [7, 11) is 0. The molecule has 0 saturated heterocycles. The van der Waals surface area contributed by atoms with Crippen molar-refractivity contribution in [1.82, 2.24) is 4.98 Å². The Morgan fingerprint density at radius 1 is 1.50 bits per heavy atom. The van der Waals surface area contributed by atoms with Gasteiger partial charge in [-0.1, -0.05) is 28.9 Å². The Balaban J connectivity index is 2.23. The summed E-state index contributed by atoms with van der Waals surface area (Å²) in [6.45, 7) is 2.10. The van der Waals surface area contributed by atoms with Gasteiger partial charge in [0.2, 0.25) is 0 Å². The highest BCUT2D eigenvalue weighted by Crippen LogP contribution is 2.32. The van der Waals surface area contributed by atoms with Gasteiger partial charge in [-0.25, -0.2) is 4.98 Å². The number of aromatic nitrogens is 1. The summed E-state index contributed by atoms with van der Waals surface area (Å²) < 4.78 is 6.32. The lowest BCUT2D eigenvalue weighted by atomic mass is 10.1. The lowest BCUT2D eigenvalue weighted by Gasteiger charge is -2.12. The van der Waals surface area contributed by atoms with E-state index in [0.717, 1.165) is 22.2 Å². The summed E-state index contributed by atoms with van der Waals surface area (Å²) >= 11 is 5.01. The minimum atomic E-state index is 0.190. The van der Waals surface area contributed by atoms with E-state index < -0.39 is 0 Å². The van der Waals surface area contributed by atoms with Crippen LogP contribution < -0.4 is 5.73 Å². The van der Waals surface area contributed by atoms with Crippen LogP contribution in [0.2, 0.25) is 0 Å². The van der Waals surface area contributed by atoms with Crippen molar-refractivity contribution in [1.29, 1.82) is 0 Å². The first-order chi connectivity index (χ1) is 8.69. The smallest absolute Gasteiger partial charge is 0.260 e. The average molecular weight is 327 g/mol. The minimum Gasteiger partial charge on any atom is -0.440 e. The first-order valence-electron chi connectivity index (χ1n) is 5.80. The Labute approximate surface area is 119 Å². The zero-order chi connectivity index (χ0) is 13.0. The van der Waals surface area contributed by atoms with E-state index in [1.807, 2.05) is 6.07 Å². The highest BCUT2D eigenvalue weighted by atomic mass is 79.9. The molecule has 1 atom stereocenters. The fourth-order valence-electron chi connectivity index (χ4n) is 1.57. The predicted molar refractivity (Wildman–Crippen MR) is 76.7 cm³/mol. The van der Waals surface area contributed by atoms with Crippen molar-refractivity contribution in [3.8, 4) is 0 Å². The Kier molecular flexibility index (Phi) is 4.86. The van der Waals surface area contributed by atoms with Gasteiger partial charge in [0.05, 0.1) is 6.20 Å². The van der Waals surface area contributed by atoms with Gasteiger partial charge in [-0.3, -0.25) is 0 Å². The van der Waals surface area contributed by atoms with Gasteiger partial charge in [-0.15, -0.1) is 0 Å². The van der Waals surface area contributed by atoms with Crippen LogP contribution in [-0.4, -0.2) is 11.0 Å². The number of rotatable bonds is 5. The van der Waals surface area contributed by atoms with E-state index in [0.29, 0.717) is 5.22 Å². The zero-order valence-electron chi connectivity index (χ0n) is 10.1. The fourth-order valence-corrected chi connectivity index (χ4v) is 2.96. The number of oxazole rings is 1. The number of nitrogens with two attached hydrogens (primary N) is 1. The third kappa shape index (κ3) is 3.60. The zero-order valence-corrected chi connectivity index (χ0v) is 12.5. The molecular formula is C13H15BrN2OS. The van der Waals surface area contributed by atoms with Crippen molar-refractivity contribution in [3.63, 3.8) is 0 Å². The summed E-state index contributed by atoms with van der Waals surface area (Å²) in [5, 5.41) is 0.652. The van der Waals surface area contributed by atoms with E-state index in [-0.39, 0.29) is 6.04 Å². The Hall–Kier alpha value is -0.780. The second-order valence-electron chi connectivity index (χ2n) is 4.02. The Morgan fingerprint density at radius 3 is 3.00 bits per heavy atom. The maximum atomic E-state index is 6.03. The lowest BCUT2D eigenvalue weighted by Crippen LogP contribution is -2.21. The number of hydrogen-bond acceptors (Lipinski definition) is 4. The van der Waals surface area contributed by atoms with Crippen LogP contribution in [0.25, 0.3) is 0 Å². The van der Waals surface area contributed by atoms with Gasteiger partial charge in [-0.2, -0.15) is 0 Å². The molecule has 0 fully saturated rings. The molecule has 0 aliphatic carbocycles. The number of nitrogens with zero attached hydrogens (tertiary/aromatic N) is 1. The molecule has 0 bridgehead atoms. The molecule has 18 heavy (non-hydrogen) atoms. The standard InChI is InChI=1S/C13H15BrN2OS/c1-2-11(15)7-9-3-4-10(14)8-12(9)18-13-16-5-6-17-13/h3-6,8,11H,2,7,15H2,1H3. The third-order valence-electron chi connectivity index (χ3n) is 2.64. The molecule has 0 aliphatic rings. The maximum Gasteiger partial charge on any atom is 0.260 e. The molecule has 0 saturated carbocycles. The number of benzene rings is 1. The second-order valence-corrected chi connectivity index (χ2v) is 5.93. The van der Waals surface area contributed by atoms with Crippen LogP contribution in [0.15, 0.2) is 49.7 Å². The van der Waals surface area contributed by atoms with Crippen LogP contribution in [0, 0.1) is 0 Å². The Bertz CT molecular complexity index is 502. The molecule has 1 unspecified atom stereocenters. The second kappa shape index (κ2) is 6.41. The quantitative estimate of drug-likeness (QED) is 0.906. The molecule has 2 rings (SSSR count). The summed E-state index contributed by atoms with van der Waals surface area (Å²) in [6.07, 6.45) is 5.07. The van der Waals surface area contributed by atoms with E-state index >= 15 is 0 Å². The largest absolute Gasteiger partial charge is 0.440 e. The average Bonchev–Trinajstić information content (AvgIpc) is 2.85. The van der Waals surface area contributed by atoms with E-state index in [4.69, 9.17) is 10.2 Å². The van der Waals surface area contributed by atoms with Crippen LogP contribution in [-0.2, 0) is 6.42 Å². The molecular weight excluding hydrogens is 312 g/mol. The van der Waals surface area contributed by atoms with Crippen molar-refractivity contribution < 1.29 is 4.42 Å². The third-order valence-corrected chi connectivity index (χ3v) is 4.11. The molecule has 0 aliphatic heterocycles. The molecule has 1 heterocycles. The van der Waals surface area contributed by atoms with Crippen molar-refractivity contribution in [2.45, 2.75) is 35.9 Å². The SMILES string of the molecule is CCC(N)Cc1ccc(Br)cc1Sc1ncco1. The van der Waals surface area contributed by atoms with E-state index in [2.05, 4.69) is 40.0 Å². The molecule has 2 aromatic rings. The van der Waals surface area contributed by atoms with Crippen molar-refractivity contribution in [2.24, 2.45) is 5.73 Å². The molecule has 0 amide bonds. The van der Waals surface area contributed by atoms with Gasteiger partial charge >= 0.3 is 0 Å². The molecule has 1 aromatic carbocycles. The predicted octanol–water partition coefficient (Wildman–Crippen LogP) is 3.87. The van der Waals surface area contributed by atoms with Crippen LogP contribution >= 0.6 is 27.7 Å². The minimum absolute atomic E-state index is 0.190. The van der Waals surface area contributed by atoms with Gasteiger partial charge in [0, 0.05) is 15.4 Å². The molecule has 3 nitrogen and oxygen atoms in total. The molecule has 5 heteroatoms. The van der Waals surface area contributed by atoms with Gasteiger partial charge in [-0.05, 0) is 42.3 Å². The van der Waals surface area contributed by atoms with Gasteiger partial charge in [0.25, 0.3) is 5.22 Å². The van der Waals surface area contributed by atoms with Gasteiger partial charge in [0.15, 0.2) is 0 Å². The lowest BCUT2D eigenvalue weighted by molar-refractivity contribution is 0.454. The highest BCUT2D eigenvalue weighted by molar-refractivity contribution is 9.10. The normalized spacial score (nSPS) is 12.6. The molecule has 96 valence electrons. The van der Waals surface area contributed by atoms with Gasteiger partial charge in [0.1, 0.15) is 6.26 Å². The first kappa shape index (κ1) is 13.6. The summed E-state index contributed by atoms with van der Waals surface area (Å²) in [4.78, 5) is 5.27. The fraction of sp³-hybridized carbons (Fsp3) is 0.308. The molecule has 0 radical (unpaired) electrons. The van der Waals surface area contributed by atoms with E-state index in [1.165, 1.54) is 17.3 Å². The Morgan fingerprint density at radius 2 is 2.33 bits per heavy atom. The highest BCUT2D eigenvalue weighted by Gasteiger charge is 2.10. The van der Waals surface area contributed by atoms with Gasteiger partial charge < -0.3 is 10.2 Å². The van der Waals surface area contributed by atoms with Crippen molar-refractivity contribution >= 4 is 27.7 Å². The first-order valence-corrected chi connectivity index (χ1v) is 7.41. The molecule has 1 aromatic heterocycles. The summed E-state index contributed by atoms with van der Waals surface area (Å²) in [6, 6.07) is 6.41. The van der Waals surface area contributed by atoms with Crippen LogP contribution in [0.1, 0.15) is 18.9 Å². The molecule has 0 spiro atoms. The van der Waals surface area contributed by atoms with Crippen molar-refractivity contribution in [3.05, 3.63) is 40.7 Å².